The van der Waals surface area contributed by atoms with Gasteiger partial charge < -0.3 is 9.64 Å². The standard InChI is InChI=1S/C14H30N4O/c1-4-12-6-8-13(9-7-12)18(2)14(17-15)16-10-5-11-19-3/h12-13H,4-11,15H2,1-3H3,(H,16,17). The Morgan fingerprint density at radius 2 is 2.05 bits per heavy atom. The van der Waals surface area contributed by atoms with E-state index in [1.807, 2.05) is 0 Å². The van der Waals surface area contributed by atoms with E-state index in [0.717, 1.165) is 31.4 Å². The van der Waals surface area contributed by atoms with Crippen LogP contribution in [-0.4, -0.2) is 44.2 Å². The monoisotopic (exact) mass is 270 g/mol. The van der Waals surface area contributed by atoms with E-state index in [1.165, 1.54) is 32.1 Å². The third kappa shape index (κ3) is 5.37. The molecule has 0 aromatic carbocycles. The van der Waals surface area contributed by atoms with E-state index in [1.54, 1.807) is 7.11 Å². The molecule has 0 spiro atoms. The third-order valence-electron chi connectivity index (χ3n) is 4.17. The van der Waals surface area contributed by atoms with E-state index in [-0.39, 0.29) is 0 Å². The number of guanidine groups is 1. The molecule has 112 valence electrons. The molecule has 0 unspecified atom stereocenters. The Kier molecular flexibility index (Phi) is 7.82. The van der Waals surface area contributed by atoms with Crippen LogP contribution in [0.15, 0.2) is 4.99 Å². The smallest absolute Gasteiger partial charge is 0.208 e. The summed E-state index contributed by atoms with van der Waals surface area (Å²) in [5.74, 6) is 7.31. The van der Waals surface area contributed by atoms with Crippen LogP contribution >= 0.6 is 0 Å². The first-order valence-corrected chi connectivity index (χ1v) is 7.45. The van der Waals surface area contributed by atoms with Crippen LogP contribution in [0, 0.1) is 5.92 Å². The highest BCUT2D eigenvalue weighted by molar-refractivity contribution is 5.79. The van der Waals surface area contributed by atoms with Gasteiger partial charge in [0.25, 0.3) is 0 Å². The largest absolute Gasteiger partial charge is 0.385 e. The summed E-state index contributed by atoms with van der Waals surface area (Å²) >= 11 is 0. The van der Waals surface area contributed by atoms with Crippen molar-refractivity contribution in [1.29, 1.82) is 0 Å². The van der Waals surface area contributed by atoms with Crippen molar-refractivity contribution in [3.8, 4) is 0 Å². The average Bonchev–Trinajstić information content (AvgIpc) is 2.47. The van der Waals surface area contributed by atoms with E-state index in [2.05, 4.69) is 29.3 Å². The van der Waals surface area contributed by atoms with Crippen molar-refractivity contribution in [1.82, 2.24) is 10.3 Å². The van der Waals surface area contributed by atoms with Crippen LogP contribution in [0.2, 0.25) is 0 Å². The minimum atomic E-state index is 0.569. The molecule has 1 aliphatic rings. The minimum Gasteiger partial charge on any atom is -0.385 e. The van der Waals surface area contributed by atoms with Crippen LogP contribution in [0.3, 0.4) is 0 Å². The Morgan fingerprint density at radius 3 is 2.58 bits per heavy atom. The van der Waals surface area contributed by atoms with E-state index in [0.29, 0.717) is 6.04 Å². The number of nitrogens with one attached hydrogen (secondary N) is 1. The van der Waals surface area contributed by atoms with Gasteiger partial charge in [-0.15, -0.1) is 0 Å². The summed E-state index contributed by atoms with van der Waals surface area (Å²) in [5.41, 5.74) is 2.74. The van der Waals surface area contributed by atoms with Crippen molar-refractivity contribution >= 4 is 5.96 Å². The lowest BCUT2D eigenvalue weighted by Gasteiger charge is -2.35. The number of methoxy groups -OCH3 is 1. The van der Waals surface area contributed by atoms with Gasteiger partial charge in [0, 0.05) is 33.4 Å². The predicted molar refractivity (Wildman–Crippen MR) is 79.9 cm³/mol. The van der Waals surface area contributed by atoms with Gasteiger partial charge in [-0.1, -0.05) is 13.3 Å². The summed E-state index contributed by atoms with van der Waals surface area (Å²) < 4.78 is 5.02. The van der Waals surface area contributed by atoms with Gasteiger partial charge in [-0.25, -0.2) is 5.84 Å². The van der Waals surface area contributed by atoms with Gasteiger partial charge in [-0.05, 0) is 38.0 Å². The number of hydrazine groups is 1. The zero-order valence-electron chi connectivity index (χ0n) is 12.7. The fraction of sp³-hybridized carbons (Fsp3) is 0.929. The van der Waals surface area contributed by atoms with Gasteiger partial charge >= 0.3 is 0 Å². The van der Waals surface area contributed by atoms with Crippen molar-refractivity contribution in [2.45, 2.75) is 51.5 Å². The Morgan fingerprint density at radius 1 is 1.37 bits per heavy atom. The molecule has 1 aliphatic carbocycles. The van der Waals surface area contributed by atoms with Gasteiger partial charge in [0.2, 0.25) is 5.96 Å². The second kappa shape index (κ2) is 9.15. The maximum atomic E-state index is 5.59. The lowest BCUT2D eigenvalue weighted by Crippen LogP contribution is -2.48. The van der Waals surface area contributed by atoms with Crippen molar-refractivity contribution < 1.29 is 4.74 Å². The number of rotatable bonds is 6. The fourth-order valence-corrected chi connectivity index (χ4v) is 2.77. The van der Waals surface area contributed by atoms with Crippen LogP contribution in [0.4, 0.5) is 0 Å². The highest BCUT2D eigenvalue weighted by atomic mass is 16.5. The molecule has 19 heavy (non-hydrogen) atoms. The highest BCUT2D eigenvalue weighted by Gasteiger charge is 2.24. The predicted octanol–water partition coefficient (Wildman–Crippen LogP) is 1.74. The zero-order chi connectivity index (χ0) is 14.1. The fourth-order valence-electron chi connectivity index (χ4n) is 2.77. The molecule has 0 saturated heterocycles. The molecule has 0 amide bonds. The van der Waals surface area contributed by atoms with Gasteiger partial charge in [0.05, 0.1) is 0 Å². The normalized spacial score (nSPS) is 24.3. The van der Waals surface area contributed by atoms with Gasteiger partial charge in [-0.3, -0.25) is 10.4 Å². The van der Waals surface area contributed by atoms with Gasteiger partial charge in [-0.2, -0.15) is 0 Å². The van der Waals surface area contributed by atoms with Crippen molar-refractivity contribution in [2.75, 3.05) is 27.3 Å². The number of hydrogen-bond acceptors (Lipinski definition) is 3. The number of aliphatic imine (C=N–C) groups is 1. The lowest BCUT2D eigenvalue weighted by atomic mass is 9.84. The van der Waals surface area contributed by atoms with E-state index in [9.17, 15) is 0 Å². The van der Waals surface area contributed by atoms with Gasteiger partial charge in [0.1, 0.15) is 0 Å². The molecule has 3 N–H and O–H groups in total. The van der Waals surface area contributed by atoms with Crippen molar-refractivity contribution in [3.05, 3.63) is 0 Å². The molecule has 0 aromatic heterocycles. The molecular weight excluding hydrogens is 240 g/mol. The van der Waals surface area contributed by atoms with Crippen molar-refractivity contribution in [2.24, 2.45) is 16.8 Å². The maximum absolute atomic E-state index is 5.59. The van der Waals surface area contributed by atoms with E-state index < -0.39 is 0 Å². The lowest BCUT2D eigenvalue weighted by molar-refractivity contribution is 0.196. The molecular formula is C14H30N4O. The molecule has 0 heterocycles. The summed E-state index contributed by atoms with van der Waals surface area (Å²) in [6.07, 6.45) is 7.38. The zero-order valence-corrected chi connectivity index (χ0v) is 12.7. The second-order valence-electron chi connectivity index (χ2n) is 5.39. The third-order valence-corrected chi connectivity index (χ3v) is 4.17. The molecule has 5 heteroatoms. The molecule has 0 bridgehead atoms. The highest BCUT2D eigenvalue weighted by Crippen LogP contribution is 2.28. The molecule has 0 aliphatic heterocycles. The SMILES string of the molecule is CCC1CCC(N(C)C(=NCCCOC)NN)CC1. The van der Waals surface area contributed by atoms with Crippen LogP contribution < -0.4 is 11.3 Å². The Bertz CT molecular complexity index is 262. The average molecular weight is 270 g/mol. The molecule has 1 fully saturated rings. The molecule has 1 rings (SSSR count). The number of hydrogen-bond donors (Lipinski definition) is 2. The summed E-state index contributed by atoms with van der Waals surface area (Å²) in [5, 5.41) is 0. The van der Waals surface area contributed by atoms with E-state index >= 15 is 0 Å². The summed E-state index contributed by atoms with van der Waals surface area (Å²) in [6.45, 7) is 3.79. The van der Waals surface area contributed by atoms with Crippen LogP contribution in [-0.2, 0) is 4.74 Å². The summed E-state index contributed by atoms with van der Waals surface area (Å²) in [7, 11) is 3.80. The van der Waals surface area contributed by atoms with Crippen LogP contribution in [0.1, 0.15) is 45.4 Å². The Balaban J connectivity index is 2.42. The summed E-state index contributed by atoms with van der Waals surface area (Å²) in [6, 6.07) is 0.569. The maximum Gasteiger partial charge on any atom is 0.208 e. The molecule has 5 nitrogen and oxygen atoms in total. The van der Waals surface area contributed by atoms with E-state index in [4.69, 9.17) is 10.6 Å². The first-order chi connectivity index (χ1) is 9.22. The van der Waals surface area contributed by atoms with Crippen molar-refractivity contribution in [3.63, 3.8) is 0 Å². The van der Waals surface area contributed by atoms with Crippen LogP contribution in [0.25, 0.3) is 0 Å². The quantitative estimate of drug-likeness (QED) is 0.254. The molecule has 1 saturated carbocycles. The number of nitrogens with two attached hydrogens (primary N) is 1. The Hall–Kier alpha value is -0.810. The summed E-state index contributed by atoms with van der Waals surface area (Å²) in [4.78, 5) is 6.73. The topological polar surface area (TPSA) is 62.9 Å². The minimum absolute atomic E-state index is 0.569. The first-order valence-electron chi connectivity index (χ1n) is 7.45. The molecule has 0 radical (unpaired) electrons. The van der Waals surface area contributed by atoms with Gasteiger partial charge in [0.15, 0.2) is 0 Å². The number of nitrogens with zero attached hydrogens (tertiary/aromatic N) is 2. The second-order valence-corrected chi connectivity index (χ2v) is 5.39. The number of ether oxygens (including phenoxy) is 1. The molecule has 0 atom stereocenters. The first kappa shape index (κ1) is 16.2. The molecule has 0 aromatic rings. The Labute approximate surface area is 117 Å². The van der Waals surface area contributed by atoms with Crippen LogP contribution in [0.5, 0.6) is 0 Å².